The maximum Gasteiger partial charge on any atom is 0.230 e. The number of rotatable bonds is 7. The van der Waals surface area contributed by atoms with Crippen molar-refractivity contribution in [3.63, 3.8) is 0 Å². The molecule has 4 rings (SSSR count). The first-order chi connectivity index (χ1) is 13.6. The molecule has 1 amide bonds. The Bertz CT molecular complexity index is 827. The van der Waals surface area contributed by atoms with E-state index < -0.39 is 0 Å². The Morgan fingerprint density at radius 1 is 1.18 bits per heavy atom. The van der Waals surface area contributed by atoms with Crippen LogP contribution in [0.5, 0.6) is 5.75 Å². The fraction of sp³-hybridized carbons (Fsp3) is 0.435. The largest absolute Gasteiger partial charge is 0.497 e. The fourth-order valence-corrected chi connectivity index (χ4v) is 4.39. The summed E-state index contributed by atoms with van der Waals surface area (Å²) in [7, 11) is 1.69. The van der Waals surface area contributed by atoms with E-state index in [4.69, 9.17) is 16.3 Å². The van der Waals surface area contributed by atoms with Crippen LogP contribution in [0, 0.1) is 0 Å². The van der Waals surface area contributed by atoms with Crippen molar-refractivity contribution < 1.29 is 9.53 Å². The van der Waals surface area contributed by atoms with Crippen LogP contribution in [-0.4, -0.2) is 37.6 Å². The number of likely N-dealkylation sites (tertiary alicyclic amines) is 1. The number of halogens is 1. The van der Waals surface area contributed by atoms with E-state index in [-0.39, 0.29) is 17.4 Å². The van der Waals surface area contributed by atoms with E-state index in [1.54, 1.807) is 7.11 Å². The molecule has 5 heteroatoms. The van der Waals surface area contributed by atoms with Gasteiger partial charge in [-0.3, -0.25) is 9.69 Å². The zero-order valence-electron chi connectivity index (χ0n) is 16.3. The van der Waals surface area contributed by atoms with Crippen molar-refractivity contribution in [2.75, 3.05) is 26.7 Å². The quantitative estimate of drug-likeness (QED) is 0.754. The van der Waals surface area contributed by atoms with Gasteiger partial charge >= 0.3 is 0 Å². The van der Waals surface area contributed by atoms with Crippen LogP contribution < -0.4 is 10.1 Å². The van der Waals surface area contributed by atoms with E-state index in [1.807, 2.05) is 36.4 Å². The number of hydrogen-bond donors (Lipinski definition) is 1. The third kappa shape index (κ3) is 3.89. The number of methoxy groups -OCH3 is 1. The number of nitrogens with one attached hydrogen (secondary N) is 1. The highest BCUT2D eigenvalue weighted by atomic mass is 35.5. The van der Waals surface area contributed by atoms with Gasteiger partial charge in [-0.05, 0) is 74.2 Å². The van der Waals surface area contributed by atoms with Gasteiger partial charge < -0.3 is 10.1 Å². The summed E-state index contributed by atoms with van der Waals surface area (Å²) < 4.78 is 5.41. The predicted octanol–water partition coefficient (Wildman–Crippen LogP) is 4.33. The predicted molar refractivity (Wildman–Crippen MR) is 112 cm³/mol. The summed E-state index contributed by atoms with van der Waals surface area (Å²) in [5, 5.41) is 3.96. The number of carbonyl (C=O) groups excluding carboxylic acids is 1. The fourth-order valence-electron chi connectivity index (χ4n) is 4.26. The van der Waals surface area contributed by atoms with Crippen molar-refractivity contribution in [2.24, 2.45) is 0 Å². The number of benzene rings is 2. The molecule has 0 radical (unpaired) electrons. The number of ether oxygens (including phenoxy) is 1. The minimum Gasteiger partial charge on any atom is -0.497 e. The van der Waals surface area contributed by atoms with Crippen LogP contribution in [0.15, 0.2) is 48.5 Å². The Hall–Kier alpha value is -2.04. The maximum absolute atomic E-state index is 13.1. The van der Waals surface area contributed by atoms with Crippen molar-refractivity contribution in [3.05, 3.63) is 64.7 Å². The average Bonchev–Trinajstić information content (AvgIpc) is 3.36. The van der Waals surface area contributed by atoms with Gasteiger partial charge in [0.15, 0.2) is 0 Å². The lowest BCUT2D eigenvalue weighted by atomic mass is 9.94. The van der Waals surface area contributed by atoms with Crippen LogP contribution in [0.3, 0.4) is 0 Å². The molecule has 1 saturated heterocycles. The van der Waals surface area contributed by atoms with Crippen molar-refractivity contribution in [2.45, 2.75) is 37.1 Å². The van der Waals surface area contributed by atoms with Gasteiger partial charge in [0.05, 0.1) is 18.6 Å². The summed E-state index contributed by atoms with van der Waals surface area (Å²) in [4.78, 5) is 15.6. The molecule has 148 valence electrons. The number of hydrogen-bond acceptors (Lipinski definition) is 3. The minimum absolute atomic E-state index is 0.127. The zero-order chi connectivity index (χ0) is 19.6. The van der Waals surface area contributed by atoms with E-state index in [0.29, 0.717) is 11.6 Å². The molecular weight excluding hydrogens is 372 g/mol. The minimum atomic E-state index is -0.380. The third-order valence-corrected chi connectivity index (χ3v) is 6.35. The van der Waals surface area contributed by atoms with Crippen molar-refractivity contribution in [1.82, 2.24) is 10.2 Å². The molecule has 4 nitrogen and oxygen atoms in total. The van der Waals surface area contributed by atoms with Gasteiger partial charge in [-0.15, -0.1) is 0 Å². The first kappa shape index (κ1) is 19.3. The van der Waals surface area contributed by atoms with E-state index in [0.717, 1.165) is 37.2 Å². The Morgan fingerprint density at radius 3 is 2.54 bits per heavy atom. The monoisotopic (exact) mass is 398 g/mol. The van der Waals surface area contributed by atoms with E-state index in [9.17, 15) is 4.79 Å². The molecule has 0 spiro atoms. The van der Waals surface area contributed by atoms with Gasteiger partial charge in [0.2, 0.25) is 5.91 Å². The van der Waals surface area contributed by atoms with Crippen LogP contribution in [0.25, 0.3) is 0 Å². The second kappa shape index (κ2) is 8.14. The molecule has 2 aromatic rings. The molecule has 1 atom stereocenters. The SMILES string of the molecule is COc1cccc(C(CNC(=O)C2(c3ccc(Cl)cc3)CC2)N2CCCC2)c1. The summed E-state index contributed by atoms with van der Waals surface area (Å²) in [6.45, 7) is 2.75. The van der Waals surface area contributed by atoms with Crippen LogP contribution >= 0.6 is 11.6 Å². The lowest BCUT2D eigenvalue weighted by Gasteiger charge is -2.29. The highest BCUT2D eigenvalue weighted by Gasteiger charge is 2.51. The van der Waals surface area contributed by atoms with E-state index in [1.165, 1.54) is 18.4 Å². The highest BCUT2D eigenvalue weighted by molar-refractivity contribution is 6.30. The Kier molecular flexibility index (Phi) is 5.61. The normalized spacial score (nSPS) is 19.2. The summed E-state index contributed by atoms with van der Waals surface area (Å²) >= 11 is 6.01. The molecule has 1 unspecified atom stereocenters. The Morgan fingerprint density at radius 2 is 1.89 bits per heavy atom. The van der Waals surface area contributed by atoms with Crippen molar-refractivity contribution in [1.29, 1.82) is 0 Å². The standard InChI is InChI=1S/C23H27ClN2O2/c1-28-20-6-4-5-17(15-20)21(26-13-2-3-14-26)16-25-22(27)23(11-12-23)18-7-9-19(24)10-8-18/h4-10,15,21H,2-3,11-14,16H2,1H3,(H,25,27). The number of amides is 1. The van der Waals surface area contributed by atoms with E-state index in [2.05, 4.69) is 22.3 Å². The zero-order valence-corrected chi connectivity index (χ0v) is 17.0. The van der Waals surface area contributed by atoms with Crippen molar-refractivity contribution in [3.8, 4) is 5.75 Å². The number of carbonyl (C=O) groups is 1. The van der Waals surface area contributed by atoms with Crippen LogP contribution in [0.1, 0.15) is 42.9 Å². The van der Waals surface area contributed by atoms with Gasteiger partial charge in [0, 0.05) is 11.6 Å². The van der Waals surface area contributed by atoms with Gasteiger partial charge in [-0.25, -0.2) is 0 Å². The first-order valence-electron chi connectivity index (χ1n) is 10.0. The number of nitrogens with zero attached hydrogens (tertiary/aromatic N) is 1. The molecule has 2 fully saturated rings. The van der Waals surface area contributed by atoms with Crippen molar-refractivity contribution >= 4 is 17.5 Å². The molecule has 1 heterocycles. The smallest absolute Gasteiger partial charge is 0.230 e. The summed E-state index contributed by atoms with van der Waals surface area (Å²) in [6, 6.07) is 16.1. The lowest BCUT2D eigenvalue weighted by Crippen LogP contribution is -2.41. The molecular formula is C23H27ClN2O2. The highest BCUT2D eigenvalue weighted by Crippen LogP contribution is 2.48. The molecule has 1 N–H and O–H groups in total. The second-order valence-electron chi connectivity index (χ2n) is 7.83. The van der Waals surface area contributed by atoms with Crippen LogP contribution in [0.2, 0.25) is 5.02 Å². The molecule has 2 aromatic carbocycles. The first-order valence-corrected chi connectivity index (χ1v) is 10.4. The van der Waals surface area contributed by atoms with Crippen LogP contribution in [-0.2, 0) is 10.2 Å². The summed E-state index contributed by atoms with van der Waals surface area (Å²) in [6.07, 6.45) is 4.22. The Labute approximate surface area is 171 Å². The molecule has 2 aliphatic rings. The average molecular weight is 399 g/mol. The van der Waals surface area contributed by atoms with E-state index >= 15 is 0 Å². The lowest BCUT2D eigenvalue weighted by molar-refractivity contribution is -0.123. The van der Waals surface area contributed by atoms with Gasteiger partial charge in [0.1, 0.15) is 5.75 Å². The molecule has 1 aliphatic heterocycles. The molecule has 0 bridgehead atoms. The van der Waals surface area contributed by atoms with Crippen LogP contribution in [0.4, 0.5) is 0 Å². The molecule has 1 saturated carbocycles. The topological polar surface area (TPSA) is 41.6 Å². The molecule has 1 aliphatic carbocycles. The molecule has 28 heavy (non-hydrogen) atoms. The van der Waals surface area contributed by atoms with Gasteiger partial charge in [0.25, 0.3) is 0 Å². The van der Waals surface area contributed by atoms with Gasteiger partial charge in [-0.2, -0.15) is 0 Å². The van der Waals surface area contributed by atoms with Gasteiger partial charge in [-0.1, -0.05) is 35.9 Å². The third-order valence-electron chi connectivity index (χ3n) is 6.10. The molecule has 0 aromatic heterocycles. The maximum atomic E-state index is 13.1. The second-order valence-corrected chi connectivity index (χ2v) is 8.27. The Balaban J connectivity index is 1.49. The summed E-state index contributed by atoms with van der Waals surface area (Å²) in [5.74, 6) is 0.981. The summed E-state index contributed by atoms with van der Waals surface area (Å²) in [5.41, 5.74) is 1.88.